The molecule has 0 saturated heterocycles. The molecule has 27 heavy (non-hydrogen) atoms. The standard InChI is InChI=1S/C18H13BrFN7/c19-14-16(11-4-1-3-10(7-11)8-21)26-18(23)15(22)17(14)27-25-9-13-12(20)5-2-6-24-13/h1-7H,9,22H2,(H2,23,26). The lowest BCUT2D eigenvalue weighted by molar-refractivity contribution is 0.598. The van der Waals surface area contributed by atoms with Gasteiger partial charge in [0.25, 0.3) is 0 Å². The Morgan fingerprint density at radius 1 is 1.22 bits per heavy atom. The second-order valence-corrected chi connectivity index (χ2v) is 6.24. The van der Waals surface area contributed by atoms with E-state index in [0.717, 1.165) is 0 Å². The lowest BCUT2D eigenvalue weighted by Gasteiger charge is -2.11. The highest BCUT2D eigenvalue weighted by Crippen LogP contribution is 2.41. The molecule has 0 aliphatic carbocycles. The molecular formula is C18H13BrFN7. The summed E-state index contributed by atoms with van der Waals surface area (Å²) in [5.41, 5.74) is 14.1. The average molecular weight is 426 g/mol. The van der Waals surface area contributed by atoms with Gasteiger partial charge in [0, 0.05) is 11.8 Å². The van der Waals surface area contributed by atoms with Crippen LogP contribution in [-0.4, -0.2) is 9.97 Å². The van der Waals surface area contributed by atoms with E-state index in [1.165, 1.54) is 18.3 Å². The molecule has 0 amide bonds. The van der Waals surface area contributed by atoms with Gasteiger partial charge in [-0.1, -0.05) is 12.1 Å². The molecule has 2 aromatic heterocycles. The first-order valence-corrected chi connectivity index (χ1v) is 8.52. The molecule has 4 N–H and O–H groups in total. The number of benzene rings is 1. The topological polar surface area (TPSA) is 126 Å². The molecule has 7 nitrogen and oxygen atoms in total. The van der Waals surface area contributed by atoms with E-state index in [1.54, 1.807) is 24.3 Å². The molecule has 0 atom stereocenters. The highest BCUT2D eigenvalue weighted by Gasteiger charge is 2.16. The van der Waals surface area contributed by atoms with Gasteiger partial charge in [0.05, 0.1) is 27.5 Å². The van der Waals surface area contributed by atoms with Crippen molar-refractivity contribution < 1.29 is 4.39 Å². The molecule has 0 bridgehead atoms. The molecule has 0 spiro atoms. The third kappa shape index (κ3) is 3.91. The van der Waals surface area contributed by atoms with E-state index in [1.807, 2.05) is 0 Å². The third-order valence-corrected chi connectivity index (χ3v) is 4.42. The molecule has 0 unspecified atom stereocenters. The van der Waals surface area contributed by atoms with E-state index >= 15 is 0 Å². The molecule has 0 radical (unpaired) electrons. The van der Waals surface area contributed by atoms with Gasteiger partial charge in [-0.3, -0.25) is 4.98 Å². The highest BCUT2D eigenvalue weighted by atomic mass is 79.9. The predicted octanol–water partition coefficient (Wildman–Crippen LogP) is 4.37. The maximum atomic E-state index is 13.6. The molecule has 3 aromatic rings. The number of hydrogen-bond donors (Lipinski definition) is 2. The zero-order chi connectivity index (χ0) is 19.4. The molecule has 9 heteroatoms. The summed E-state index contributed by atoms with van der Waals surface area (Å²) in [7, 11) is 0. The fraction of sp³-hybridized carbons (Fsp3) is 0.0556. The Labute approximate surface area is 162 Å². The monoisotopic (exact) mass is 425 g/mol. The second-order valence-electron chi connectivity index (χ2n) is 5.45. The Balaban J connectivity index is 2.00. The van der Waals surface area contributed by atoms with Gasteiger partial charge in [0.15, 0.2) is 0 Å². The molecule has 0 fully saturated rings. The number of halogens is 2. The Kier molecular flexibility index (Phi) is 5.38. The summed E-state index contributed by atoms with van der Waals surface area (Å²) in [6, 6.07) is 11.7. The van der Waals surface area contributed by atoms with Crippen molar-refractivity contribution in [2.45, 2.75) is 6.54 Å². The summed E-state index contributed by atoms with van der Waals surface area (Å²) >= 11 is 3.43. The summed E-state index contributed by atoms with van der Waals surface area (Å²) in [6.07, 6.45) is 1.48. The van der Waals surface area contributed by atoms with Gasteiger partial charge in [-0.05, 0) is 40.2 Å². The molecule has 2 heterocycles. The van der Waals surface area contributed by atoms with Crippen molar-refractivity contribution in [2.24, 2.45) is 10.2 Å². The largest absolute Gasteiger partial charge is 0.394 e. The van der Waals surface area contributed by atoms with Crippen LogP contribution in [0.3, 0.4) is 0 Å². The zero-order valence-corrected chi connectivity index (χ0v) is 15.5. The number of rotatable bonds is 4. The van der Waals surface area contributed by atoms with E-state index in [9.17, 15) is 4.39 Å². The number of hydrogen-bond acceptors (Lipinski definition) is 7. The van der Waals surface area contributed by atoms with Crippen molar-refractivity contribution in [3.63, 3.8) is 0 Å². The van der Waals surface area contributed by atoms with Crippen LogP contribution in [0.4, 0.5) is 21.6 Å². The Morgan fingerprint density at radius 2 is 2.04 bits per heavy atom. The number of pyridine rings is 2. The van der Waals surface area contributed by atoms with Gasteiger partial charge in [-0.2, -0.15) is 15.5 Å². The minimum Gasteiger partial charge on any atom is -0.394 e. The molecule has 0 aliphatic rings. The summed E-state index contributed by atoms with van der Waals surface area (Å²) in [5.74, 6) is -0.389. The maximum absolute atomic E-state index is 13.6. The van der Waals surface area contributed by atoms with E-state index in [-0.39, 0.29) is 29.4 Å². The molecule has 0 aliphatic heterocycles. The van der Waals surface area contributed by atoms with Crippen LogP contribution in [0, 0.1) is 17.1 Å². The summed E-state index contributed by atoms with van der Waals surface area (Å²) in [5, 5.41) is 17.2. The van der Waals surface area contributed by atoms with Crippen LogP contribution in [0.5, 0.6) is 0 Å². The van der Waals surface area contributed by atoms with Gasteiger partial charge in [0.1, 0.15) is 29.6 Å². The number of nitriles is 1. The van der Waals surface area contributed by atoms with Crippen LogP contribution in [-0.2, 0) is 6.54 Å². The smallest absolute Gasteiger partial charge is 0.149 e. The highest BCUT2D eigenvalue weighted by molar-refractivity contribution is 9.10. The van der Waals surface area contributed by atoms with Gasteiger partial charge < -0.3 is 11.5 Å². The molecule has 0 saturated carbocycles. The van der Waals surface area contributed by atoms with Gasteiger partial charge >= 0.3 is 0 Å². The van der Waals surface area contributed by atoms with E-state index in [0.29, 0.717) is 21.3 Å². The average Bonchev–Trinajstić information content (AvgIpc) is 2.68. The molecular weight excluding hydrogens is 413 g/mol. The van der Waals surface area contributed by atoms with Crippen LogP contribution in [0.2, 0.25) is 0 Å². The van der Waals surface area contributed by atoms with Gasteiger partial charge in [-0.15, -0.1) is 0 Å². The first kappa shape index (κ1) is 18.4. The van der Waals surface area contributed by atoms with Crippen molar-refractivity contribution in [3.8, 4) is 17.3 Å². The number of anilines is 2. The van der Waals surface area contributed by atoms with Crippen molar-refractivity contribution in [1.29, 1.82) is 5.26 Å². The van der Waals surface area contributed by atoms with Crippen LogP contribution < -0.4 is 11.5 Å². The summed E-state index contributed by atoms with van der Waals surface area (Å²) in [4.78, 5) is 8.20. The first-order valence-electron chi connectivity index (χ1n) is 7.73. The van der Waals surface area contributed by atoms with E-state index in [4.69, 9.17) is 16.7 Å². The fourth-order valence-corrected chi connectivity index (χ4v) is 2.92. The SMILES string of the molecule is N#Cc1cccc(-c2nc(N)c(N)c(N=NCc3ncccc3F)c2Br)c1. The second kappa shape index (κ2) is 7.88. The Hall–Kier alpha value is -3.38. The molecule has 1 aromatic carbocycles. The fourth-order valence-electron chi connectivity index (χ4n) is 2.31. The predicted molar refractivity (Wildman–Crippen MR) is 103 cm³/mol. The normalized spacial score (nSPS) is 10.9. The van der Waals surface area contributed by atoms with Crippen molar-refractivity contribution in [1.82, 2.24) is 9.97 Å². The third-order valence-electron chi connectivity index (χ3n) is 3.67. The lowest BCUT2D eigenvalue weighted by Crippen LogP contribution is -2.01. The zero-order valence-electron chi connectivity index (χ0n) is 13.9. The number of aromatic nitrogens is 2. The van der Waals surface area contributed by atoms with Crippen LogP contribution in [0.1, 0.15) is 11.3 Å². The first-order chi connectivity index (χ1) is 13.0. The van der Waals surface area contributed by atoms with Crippen LogP contribution in [0.25, 0.3) is 11.3 Å². The van der Waals surface area contributed by atoms with Gasteiger partial charge in [0.2, 0.25) is 0 Å². The number of azo groups is 1. The Morgan fingerprint density at radius 3 is 2.78 bits per heavy atom. The maximum Gasteiger partial charge on any atom is 0.149 e. The van der Waals surface area contributed by atoms with Crippen molar-refractivity contribution >= 4 is 33.1 Å². The quantitative estimate of drug-likeness (QED) is 0.600. The minimum atomic E-state index is -0.466. The Bertz CT molecular complexity index is 1080. The molecule has 3 rings (SSSR count). The van der Waals surface area contributed by atoms with Crippen LogP contribution in [0.15, 0.2) is 57.3 Å². The van der Waals surface area contributed by atoms with Crippen molar-refractivity contribution in [3.05, 3.63) is 64.1 Å². The van der Waals surface area contributed by atoms with Gasteiger partial charge in [-0.25, -0.2) is 9.37 Å². The van der Waals surface area contributed by atoms with E-state index in [2.05, 4.69) is 42.2 Å². The van der Waals surface area contributed by atoms with Crippen molar-refractivity contribution in [2.75, 3.05) is 11.5 Å². The number of nitrogen functional groups attached to an aromatic ring is 2. The minimum absolute atomic E-state index is 0.0555. The van der Waals surface area contributed by atoms with Crippen LogP contribution >= 0.6 is 15.9 Å². The summed E-state index contributed by atoms with van der Waals surface area (Å²) < 4.78 is 14.1. The number of nitrogens with two attached hydrogens (primary N) is 2. The number of nitrogens with zero attached hydrogens (tertiary/aromatic N) is 5. The van der Waals surface area contributed by atoms with E-state index < -0.39 is 5.82 Å². The lowest BCUT2D eigenvalue weighted by atomic mass is 10.1. The summed E-state index contributed by atoms with van der Waals surface area (Å²) in [6.45, 7) is -0.0555. The molecule has 134 valence electrons.